The van der Waals surface area contributed by atoms with Crippen LogP contribution in [0.4, 0.5) is 0 Å². The van der Waals surface area contributed by atoms with Gasteiger partial charge in [-0.1, -0.05) is 36.2 Å². The number of piperidine rings is 1. The van der Waals surface area contributed by atoms with E-state index in [2.05, 4.69) is 36.1 Å². The maximum atomic E-state index is 13.1. The van der Waals surface area contributed by atoms with Gasteiger partial charge in [0.05, 0.1) is 6.04 Å². The number of aryl methyl sites for hydroxylation is 1. The molecule has 1 aromatic carbocycles. The summed E-state index contributed by atoms with van der Waals surface area (Å²) >= 11 is 0. The van der Waals surface area contributed by atoms with Gasteiger partial charge in [-0.3, -0.25) is 14.5 Å². The number of nitrogens with zero attached hydrogens (tertiary/aromatic N) is 3. The molecule has 2 amide bonds. The van der Waals surface area contributed by atoms with Crippen LogP contribution >= 0.6 is 0 Å². The average Bonchev–Trinajstić information content (AvgIpc) is 2.62. The molecule has 2 heterocycles. The van der Waals surface area contributed by atoms with Gasteiger partial charge in [0.15, 0.2) is 0 Å². The van der Waals surface area contributed by atoms with Crippen LogP contribution in [0.1, 0.15) is 37.3 Å². The molecule has 0 aliphatic carbocycles. The van der Waals surface area contributed by atoms with E-state index in [1.165, 1.54) is 11.1 Å². The van der Waals surface area contributed by atoms with Crippen molar-refractivity contribution in [1.29, 1.82) is 0 Å². The fraction of sp³-hybridized carbons (Fsp3) is 0.600. The van der Waals surface area contributed by atoms with Gasteiger partial charge in [0.1, 0.15) is 0 Å². The van der Waals surface area contributed by atoms with Gasteiger partial charge in [-0.05, 0) is 31.9 Å². The Bertz CT molecular complexity index is 623. The maximum absolute atomic E-state index is 13.1. The van der Waals surface area contributed by atoms with E-state index in [1.807, 2.05) is 9.80 Å². The van der Waals surface area contributed by atoms with Crippen molar-refractivity contribution in [2.45, 2.75) is 45.7 Å². The number of rotatable bonds is 3. The first-order valence-electron chi connectivity index (χ1n) is 9.38. The van der Waals surface area contributed by atoms with Crippen molar-refractivity contribution >= 4 is 11.8 Å². The van der Waals surface area contributed by atoms with Crippen molar-refractivity contribution in [3.8, 4) is 0 Å². The second kappa shape index (κ2) is 8.00. The average molecular weight is 343 g/mol. The smallest absolute Gasteiger partial charge is 0.240 e. The van der Waals surface area contributed by atoms with Gasteiger partial charge >= 0.3 is 0 Å². The third kappa shape index (κ3) is 4.40. The Morgan fingerprint density at radius 2 is 1.76 bits per heavy atom. The first kappa shape index (κ1) is 17.9. The Hall–Kier alpha value is -1.88. The van der Waals surface area contributed by atoms with Gasteiger partial charge in [0.2, 0.25) is 11.8 Å². The largest absolute Gasteiger partial charge is 0.339 e. The van der Waals surface area contributed by atoms with Crippen molar-refractivity contribution in [3.05, 3.63) is 35.4 Å². The molecule has 0 saturated carbocycles. The molecule has 2 aliphatic rings. The highest BCUT2D eigenvalue weighted by Crippen LogP contribution is 2.22. The van der Waals surface area contributed by atoms with Crippen LogP contribution in [0.15, 0.2) is 24.3 Å². The minimum atomic E-state index is -0.0156. The molecule has 1 atom stereocenters. The molecule has 136 valence electrons. The molecule has 0 radical (unpaired) electrons. The summed E-state index contributed by atoms with van der Waals surface area (Å²) in [6.07, 6.45) is 3.22. The van der Waals surface area contributed by atoms with Crippen LogP contribution in [0.25, 0.3) is 0 Å². The van der Waals surface area contributed by atoms with Crippen LogP contribution in [0.3, 0.4) is 0 Å². The zero-order chi connectivity index (χ0) is 17.8. The van der Waals surface area contributed by atoms with Gasteiger partial charge in [-0.25, -0.2) is 0 Å². The first-order valence-corrected chi connectivity index (χ1v) is 9.38. The summed E-state index contributed by atoms with van der Waals surface area (Å²) < 4.78 is 0. The lowest BCUT2D eigenvalue weighted by molar-refractivity contribution is -0.143. The molecule has 1 aromatic rings. The fourth-order valence-electron chi connectivity index (χ4n) is 3.96. The van der Waals surface area contributed by atoms with Crippen LogP contribution in [0.5, 0.6) is 0 Å². The summed E-state index contributed by atoms with van der Waals surface area (Å²) in [6.45, 7) is 8.17. The van der Waals surface area contributed by atoms with Crippen LogP contribution < -0.4 is 0 Å². The van der Waals surface area contributed by atoms with E-state index in [0.717, 1.165) is 32.4 Å². The molecule has 3 rings (SSSR count). The lowest BCUT2D eigenvalue weighted by atomic mass is 9.99. The van der Waals surface area contributed by atoms with Crippen LogP contribution in [-0.2, 0) is 16.1 Å². The number of hydrogen-bond donors (Lipinski definition) is 0. The van der Waals surface area contributed by atoms with Crippen LogP contribution in [0.2, 0.25) is 0 Å². The van der Waals surface area contributed by atoms with Crippen LogP contribution in [-0.4, -0.2) is 65.3 Å². The molecule has 5 nitrogen and oxygen atoms in total. The number of amides is 2. The van der Waals surface area contributed by atoms with E-state index >= 15 is 0 Å². The quantitative estimate of drug-likeness (QED) is 0.844. The summed E-state index contributed by atoms with van der Waals surface area (Å²) in [5.41, 5.74) is 2.54. The number of piperazine rings is 1. The van der Waals surface area contributed by atoms with Gasteiger partial charge < -0.3 is 9.80 Å². The molecule has 2 aliphatic heterocycles. The zero-order valence-electron chi connectivity index (χ0n) is 15.4. The summed E-state index contributed by atoms with van der Waals surface area (Å²) in [6, 6.07) is 8.54. The van der Waals surface area contributed by atoms with Gasteiger partial charge in [0.25, 0.3) is 0 Å². The van der Waals surface area contributed by atoms with Crippen molar-refractivity contribution in [2.24, 2.45) is 0 Å². The van der Waals surface area contributed by atoms with Crippen molar-refractivity contribution in [2.75, 3.05) is 32.7 Å². The predicted molar refractivity (Wildman–Crippen MR) is 98.1 cm³/mol. The molecule has 0 N–H and O–H groups in total. The van der Waals surface area contributed by atoms with Crippen molar-refractivity contribution < 1.29 is 9.59 Å². The number of likely N-dealkylation sites (tertiary alicyclic amines) is 1. The van der Waals surface area contributed by atoms with Gasteiger partial charge in [-0.2, -0.15) is 0 Å². The van der Waals surface area contributed by atoms with E-state index in [4.69, 9.17) is 0 Å². The Kier molecular flexibility index (Phi) is 5.74. The Morgan fingerprint density at radius 3 is 2.44 bits per heavy atom. The number of benzene rings is 1. The summed E-state index contributed by atoms with van der Waals surface area (Å²) in [5, 5.41) is 0. The SMILES string of the molecule is CC(=O)N1CCN(C(=O)[C@@H]2CCCCN2Cc2cccc(C)c2)CC1. The second-order valence-electron chi connectivity index (χ2n) is 7.30. The molecule has 0 bridgehead atoms. The molecule has 5 heteroatoms. The molecule has 2 saturated heterocycles. The molecule has 0 spiro atoms. The monoisotopic (exact) mass is 343 g/mol. The van der Waals surface area contributed by atoms with E-state index in [0.29, 0.717) is 26.2 Å². The molecule has 2 fully saturated rings. The summed E-state index contributed by atoms with van der Waals surface area (Å²) in [4.78, 5) is 30.7. The molecule has 0 unspecified atom stereocenters. The maximum Gasteiger partial charge on any atom is 0.240 e. The lowest BCUT2D eigenvalue weighted by Crippen LogP contribution is -2.56. The predicted octanol–water partition coefficient (Wildman–Crippen LogP) is 2.04. The topological polar surface area (TPSA) is 43.9 Å². The minimum absolute atomic E-state index is 0.0156. The summed E-state index contributed by atoms with van der Waals surface area (Å²) in [7, 11) is 0. The number of hydrogen-bond acceptors (Lipinski definition) is 3. The van der Waals surface area contributed by atoms with Crippen LogP contribution in [0, 0.1) is 6.92 Å². The van der Waals surface area contributed by atoms with E-state index in [1.54, 1.807) is 6.92 Å². The highest BCUT2D eigenvalue weighted by atomic mass is 16.2. The second-order valence-corrected chi connectivity index (χ2v) is 7.30. The van der Waals surface area contributed by atoms with E-state index in [-0.39, 0.29) is 17.9 Å². The first-order chi connectivity index (χ1) is 12.0. The summed E-state index contributed by atoms with van der Waals surface area (Å²) in [5.74, 6) is 0.349. The third-order valence-electron chi connectivity index (χ3n) is 5.40. The Balaban J connectivity index is 1.64. The third-order valence-corrected chi connectivity index (χ3v) is 5.40. The fourth-order valence-corrected chi connectivity index (χ4v) is 3.96. The van der Waals surface area contributed by atoms with Gasteiger partial charge in [-0.15, -0.1) is 0 Å². The van der Waals surface area contributed by atoms with Crippen molar-refractivity contribution in [3.63, 3.8) is 0 Å². The lowest BCUT2D eigenvalue weighted by Gasteiger charge is -2.40. The zero-order valence-corrected chi connectivity index (χ0v) is 15.4. The normalized spacial score (nSPS) is 22.1. The standard InChI is InChI=1S/C20H29N3O2/c1-16-6-5-7-18(14-16)15-23-9-4-3-8-19(23)20(25)22-12-10-21(11-13-22)17(2)24/h5-7,14,19H,3-4,8-13,15H2,1-2H3/t19-/m0/s1. The van der Waals surface area contributed by atoms with E-state index < -0.39 is 0 Å². The van der Waals surface area contributed by atoms with E-state index in [9.17, 15) is 9.59 Å². The number of carbonyl (C=O) groups excluding carboxylic acids is 2. The molecular weight excluding hydrogens is 314 g/mol. The molecular formula is C20H29N3O2. The molecule has 25 heavy (non-hydrogen) atoms. The van der Waals surface area contributed by atoms with Crippen molar-refractivity contribution in [1.82, 2.24) is 14.7 Å². The Morgan fingerprint density at radius 1 is 1.04 bits per heavy atom. The Labute approximate surface area is 150 Å². The number of carbonyl (C=O) groups is 2. The minimum Gasteiger partial charge on any atom is -0.339 e. The van der Waals surface area contributed by atoms with Gasteiger partial charge in [0, 0.05) is 39.6 Å². The molecule has 0 aromatic heterocycles. The highest BCUT2D eigenvalue weighted by Gasteiger charge is 2.33. The highest BCUT2D eigenvalue weighted by molar-refractivity contribution is 5.82.